The first-order valence-electron chi connectivity index (χ1n) is 7.69. The van der Waals surface area contributed by atoms with Crippen LogP contribution in [-0.4, -0.2) is 29.4 Å². The molecule has 1 rings (SSSR count). The molecule has 0 unspecified atom stereocenters. The number of rotatable bonds is 8. The quantitative estimate of drug-likeness (QED) is 0.682. The lowest BCUT2D eigenvalue weighted by molar-refractivity contribution is -0.149. The van der Waals surface area contributed by atoms with Gasteiger partial charge in [-0.15, -0.1) is 0 Å². The molecule has 0 heterocycles. The van der Waals surface area contributed by atoms with Gasteiger partial charge in [-0.05, 0) is 30.5 Å². The SMILES string of the molecule is CCC(CC)(CNC(=O)c1ccc(CNC(C)=O)cc1)C(=O)O. The Labute approximate surface area is 136 Å². The van der Waals surface area contributed by atoms with Crippen molar-refractivity contribution in [2.24, 2.45) is 5.41 Å². The number of hydrogen-bond donors (Lipinski definition) is 3. The van der Waals surface area contributed by atoms with Crippen LogP contribution in [0.15, 0.2) is 24.3 Å². The zero-order valence-electron chi connectivity index (χ0n) is 13.8. The maximum Gasteiger partial charge on any atom is 0.311 e. The maximum absolute atomic E-state index is 12.1. The van der Waals surface area contributed by atoms with Gasteiger partial charge in [0.1, 0.15) is 0 Å². The van der Waals surface area contributed by atoms with Crippen molar-refractivity contribution >= 4 is 17.8 Å². The van der Waals surface area contributed by atoms with Crippen LogP contribution in [0.2, 0.25) is 0 Å². The van der Waals surface area contributed by atoms with Gasteiger partial charge in [-0.1, -0.05) is 26.0 Å². The van der Waals surface area contributed by atoms with Crippen molar-refractivity contribution < 1.29 is 19.5 Å². The second-order valence-corrected chi connectivity index (χ2v) is 5.58. The molecule has 2 amide bonds. The molecule has 0 spiro atoms. The molecule has 0 saturated carbocycles. The molecule has 0 aromatic heterocycles. The van der Waals surface area contributed by atoms with Crippen LogP contribution in [0.3, 0.4) is 0 Å². The first-order chi connectivity index (χ1) is 10.8. The molecule has 23 heavy (non-hydrogen) atoms. The van der Waals surface area contributed by atoms with E-state index in [-0.39, 0.29) is 18.4 Å². The van der Waals surface area contributed by atoms with Crippen LogP contribution in [0.1, 0.15) is 49.5 Å². The summed E-state index contributed by atoms with van der Waals surface area (Å²) in [5.41, 5.74) is 0.419. The van der Waals surface area contributed by atoms with E-state index in [1.165, 1.54) is 6.92 Å². The Morgan fingerprint density at radius 1 is 1.04 bits per heavy atom. The van der Waals surface area contributed by atoms with Crippen molar-refractivity contribution in [1.29, 1.82) is 0 Å². The highest BCUT2D eigenvalue weighted by Crippen LogP contribution is 2.25. The van der Waals surface area contributed by atoms with Gasteiger partial charge >= 0.3 is 5.97 Å². The van der Waals surface area contributed by atoms with Gasteiger partial charge in [-0.3, -0.25) is 14.4 Å². The third kappa shape index (κ3) is 5.09. The Balaban J connectivity index is 2.67. The molecule has 3 N–H and O–H groups in total. The summed E-state index contributed by atoms with van der Waals surface area (Å²) in [4.78, 5) is 34.4. The van der Waals surface area contributed by atoms with Gasteiger partial charge in [0.05, 0.1) is 5.41 Å². The minimum Gasteiger partial charge on any atom is -0.481 e. The number of hydrogen-bond acceptors (Lipinski definition) is 3. The summed E-state index contributed by atoms with van der Waals surface area (Å²) < 4.78 is 0. The Kier molecular flexibility index (Phi) is 6.75. The first-order valence-corrected chi connectivity index (χ1v) is 7.69. The lowest BCUT2D eigenvalue weighted by Crippen LogP contribution is -2.42. The number of carboxylic acid groups (broad SMARTS) is 1. The van der Waals surface area contributed by atoms with E-state index in [1.807, 2.05) is 0 Å². The van der Waals surface area contributed by atoms with Gasteiger partial charge in [0.2, 0.25) is 5.91 Å². The smallest absolute Gasteiger partial charge is 0.311 e. The summed E-state index contributed by atoms with van der Waals surface area (Å²) in [7, 11) is 0. The predicted molar refractivity (Wildman–Crippen MR) is 86.9 cm³/mol. The second-order valence-electron chi connectivity index (χ2n) is 5.58. The van der Waals surface area contributed by atoms with Crippen molar-refractivity contribution in [3.05, 3.63) is 35.4 Å². The highest BCUT2D eigenvalue weighted by atomic mass is 16.4. The molecule has 6 nitrogen and oxygen atoms in total. The van der Waals surface area contributed by atoms with E-state index in [1.54, 1.807) is 38.1 Å². The minimum atomic E-state index is -0.930. The van der Waals surface area contributed by atoms with Crippen LogP contribution in [-0.2, 0) is 16.1 Å². The molecule has 0 atom stereocenters. The van der Waals surface area contributed by atoms with Crippen LogP contribution in [0, 0.1) is 5.41 Å². The average molecular weight is 320 g/mol. The van der Waals surface area contributed by atoms with Crippen molar-refractivity contribution in [3.63, 3.8) is 0 Å². The molecule has 0 bridgehead atoms. The maximum atomic E-state index is 12.1. The molecule has 1 aromatic rings. The first kappa shape index (κ1) is 18.7. The topological polar surface area (TPSA) is 95.5 Å². The molecule has 0 fully saturated rings. The van der Waals surface area contributed by atoms with Crippen LogP contribution in [0.25, 0.3) is 0 Å². The minimum absolute atomic E-state index is 0.0990. The third-order valence-electron chi connectivity index (χ3n) is 4.15. The molecule has 0 aliphatic rings. The summed E-state index contributed by atoms with van der Waals surface area (Å²) in [5.74, 6) is -1.31. The Morgan fingerprint density at radius 3 is 2.04 bits per heavy atom. The van der Waals surface area contributed by atoms with Crippen LogP contribution < -0.4 is 10.6 Å². The zero-order chi connectivity index (χ0) is 17.5. The van der Waals surface area contributed by atoms with Gasteiger partial charge in [-0.2, -0.15) is 0 Å². The van der Waals surface area contributed by atoms with Crippen LogP contribution in [0.5, 0.6) is 0 Å². The molecule has 6 heteroatoms. The van der Waals surface area contributed by atoms with Crippen molar-refractivity contribution in [1.82, 2.24) is 10.6 Å². The zero-order valence-corrected chi connectivity index (χ0v) is 13.8. The van der Waals surface area contributed by atoms with Crippen molar-refractivity contribution in [3.8, 4) is 0 Å². The van der Waals surface area contributed by atoms with Gasteiger partial charge in [0.15, 0.2) is 0 Å². The predicted octanol–water partition coefficient (Wildman–Crippen LogP) is 1.94. The number of carboxylic acids is 1. The fraction of sp³-hybridized carbons (Fsp3) is 0.471. The number of nitrogens with one attached hydrogen (secondary N) is 2. The molecular weight excluding hydrogens is 296 g/mol. The summed E-state index contributed by atoms with van der Waals surface area (Å²) in [6.07, 6.45) is 0.906. The van der Waals surface area contributed by atoms with E-state index in [4.69, 9.17) is 0 Å². The van der Waals surface area contributed by atoms with E-state index in [0.717, 1.165) is 5.56 Å². The lowest BCUT2D eigenvalue weighted by Gasteiger charge is -2.26. The molecule has 0 aliphatic carbocycles. The van der Waals surface area contributed by atoms with E-state index < -0.39 is 11.4 Å². The Bertz CT molecular complexity index is 562. The largest absolute Gasteiger partial charge is 0.481 e. The fourth-order valence-electron chi connectivity index (χ4n) is 2.23. The van der Waals surface area contributed by atoms with Crippen LogP contribution in [0.4, 0.5) is 0 Å². The fourth-order valence-corrected chi connectivity index (χ4v) is 2.23. The highest BCUT2D eigenvalue weighted by molar-refractivity contribution is 5.94. The number of aliphatic carboxylic acids is 1. The average Bonchev–Trinajstić information content (AvgIpc) is 2.54. The third-order valence-corrected chi connectivity index (χ3v) is 4.15. The number of benzene rings is 1. The van der Waals surface area contributed by atoms with E-state index in [2.05, 4.69) is 10.6 Å². The van der Waals surface area contributed by atoms with Gasteiger partial charge < -0.3 is 15.7 Å². The summed E-state index contributed by atoms with van der Waals surface area (Å²) in [6, 6.07) is 6.84. The molecule has 1 aromatic carbocycles. The van der Waals surface area contributed by atoms with Crippen molar-refractivity contribution in [2.75, 3.05) is 6.54 Å². The molecule has 126 valence electrons. The second kappa shape index (κ2) is 8.31. The van der Waals surface area contributed by atoms with Gasteiger partial charge in [0.25, 0.3) is 5.91 Å². The van der Waals surface area contributed by atoms with E-state index >= 15 is 0 Å². The molecule has 0 radical (unpaired) electrons. The van der Waals surface area contributed by atoms with Crippen LogP contribution >= 0.6 is 0 Å². The monoisotopic (exact) mass is 320 g/mol. The van der Waals surface area contributed by atoms with Crippen molar-refractivity contribution in [2.45, 2.75) is 40.2 Å². The van der Waals surface area contributed by atoms with Gasteiger partial charge in [-0.25, -0.2) is 0 Å². The van der Waals surface area contributed by atoms with E-state index in [9.17, 15) is 19.5 Å². The lowest BCUT2D eigenvalue weighted by atomic mass is 9.82. The molecule has 0 aliphatic heterocycles. The highest BCUT2D eigenvalue weighted by Gasteiger charge is 2.35. The molecular formula is C17H24N2O4. The summed E-state index contributed by atoms with van der Waals surface area (Å²) in [5, 5.41) is 14.7. The summed E-state index contributed by atoms with van der Waals surface area (Å²) in [6.45, 7) is 5.56. The molecule has 0 saturated heterocycles. The number of amides is 2. The number of carbonyl (C=O) groups excluding carboxylic acids is 2. The Morgan fingerprint density at radius 2 is 1.61 bits per heavy atom. The Hall–Kier alpha value is -2.37. The standard InChI is InChI=1S/C17H24N2O4/c1-4-17(5-2,16(22)23)11-19-15(21)14-8-6-13(7-9-14)10-18-12(3)20/h6-9H,4-5,10-11H2,1-3H3,(H,18,20)(H,19,21)(H,22,23). The normalized spacial score (nSPS) is 10.9. The van der Waals surface area contributed by atoms with E-state index in [0.29, 0.717) is 24.9 Å². The number of carbonyl (C=O) groups is 3. The van der Waals surface area contributed by atoms with Gasteiger partial charge in [0, 0.05) is 25.6 Å². The summed E-state index contributed by atoms with van der Waals surface area (Å²) >= 11 is 0.